The van der Waals surface area contributed by atoms with Crippen molar-refractivity contribution in [1.29, 1.82) is 0 Å². The van der Waals surface area contributed by atoms with E-state index in [9.17, 15) is 0 Å². The van der Waals surface area contributed by atoms with Gasteiger partial charge in [0.1, 0.15) is 0 Å². The van der Waals surface area contributed by atoms with Gasteiger partial charge in [0, 0.05) is 6.04 Å². The molecule has 1 aliphatic carbocycles. The lowest BCUT2D eigenvalue weighted by Gasteiger charge is -2.28. The molecule has 0 aromatic carbocycles. The first-order chi connectivity index (χ1) is 6.76. The van der Waals surface area contributed by atoms with Crippen LogP contribution in [0.15, 0.2) is 0 Å². The summed E-state index contributed by atoms with van der Waals surface area (Å²) < 4.78 is 0. The van der Waals surface area contributed by atoms with Crippen molar-refractivity contribution in [1.82, 2.24) is 5.32 Å². The van der Waals surface area contributed by atoms with Gasteiger partial charge in [-0.3, -0.25) is 0 Å². The molecule has 1 nitrogen and oxygen atoms in total. The summed E-state index contributed by atoms with van der Waals surface area (Å²) in [7, 11) is 2.07. The molecule has 1 unspecified atom stereocenters. The van der Waals surface area contributed by atoms with Crippen molar-refractivity contribution in [3.05, 3.63) is 0 Å². The van der Waals surface area contributed by atoms with E-state index in [1.807, 2.05) is 0 Å². The van der Waals surface area contributed by atoms with Gasteiger partial charge in [-0.25, -0.2) is 0 Å². The van der Waals surface area contributed by atoms with Gasteiger partial charge in [0.05, 0.1) is 0 Å². The van der Waals surface area contributed by atoms with Crippen LogP contribution in [-0.4, -0.2) is 13.1 Å². The molecule has 0 aromatic heterocycles. The monoisotopic (exact) mass is 197 g/mol. The maximum atomic E-state index is 3.32. The SMILES string of the molecule is CCC1CCC(CCC(C)NC)CC1. The summed E-state index contributed by atoms with van der Waals surface area (Å²) >= 11 is 0. The predicted molar refractivity (Wildman–Crippen MR) is 63.5 cm³/mol. The van der Waals surface area contributed by atoms with Gasteiger partial charge in [-0.15, -0.1) is 0 Å². The van der Waals surface area contributed by atoms with Crippen molar-refractivity contribution in [3.63, 3.8) is 0 Å². The number of rotatable bonds is 5. The second kappa shape index (κ2) is 6.44. The summed E-state index contributed by atoms with van der Waals surface area (Å²) in [5.41, 5.74) is 0. The van der Waals surface area contributed by atoms with Crippen LogP contribution in [0.3, 0.4) is 0 Å². The van der Waals surface area contributed by atoms with E-state index >= 15 is 0 Å². The molecule has 0 amide bonds. The number of nitrogens with one attached hydrogen (secondary N) is 1. The van der Waals surface area contributed by atoms with E-state index in [1.165, 1.54) is 44.9 Å². The van der Waals surface area contributed by atoms with Gasteiger partial charge in [0.15, 0.2) is 0 Å². The molecule has 1 heteroatoms. The van der Waals surface area contributed by atoms with Crippen LogP contribution in [0.25, 0.3) is 0 Å². The molecule has 0 heterocycles. The number of hydrogen-bond acceptors (Lipinski definition) is 1. The van der Waals surface area contributed by atoms with Crippen molar-refractivity contribution < 1.29 is 0 Å². The van der Waals surface area contributed by atoms with Crippen molar-refractivity contribution in [2.45, 2.75) is 64.8 Å². The summed E-state index contributed by atoms with van der Waals surface area (Å²) in [6.45, 7) is 4.63. The zero-order valence-electron chi connectivity index (χ0n) is 10.2. The van der Waals surface area contributed by atoms with E-state index in [0.717, 1.165) is 11.8 Å². The van der Waals surface area contributed by atoms with Gasteiger partial charge in [0.25, 0.3) is 0 Å². The van der Waals surface area contributed by atoms with Crippen LogP contribution in [0.1, 0.15) is 58.8 Å². The molecule has 0 aromatic rings. The molecule has 14 heavy (non-hydrogen) atoms. The predicted octanol–water partition coefficient (Wildman–Crippen LogP) is 3.59. The van der Waals surface area contributed by atoms with Crippen LogP contribution in [0.4, 0.5) is 0 Å². The zero-order chi connectivity index (χ0) is 10.4. The van der Waals surface area contributed by atoms with Crippen molar-refractivity contribution in [2.75, 3.05) is 7.05 Å². The molecule has 0 aliphatic heterocycles. The minimum Gasteiger partial charge on any atom is -0.317 e. The van der Waals surface area contributed by atoms with Gasteiger partial charge in [0.2, 0.25) is 0 Å². The average Bonchev–Trinajstić information content (AvgIpc) is 2.26. The third-order valence-corrected chi connectivity index (χ3v) is 4.04. The lowest BCUT2D eigenvalue weighted by atomic mass is 9.79. The van der Waals surface area contributed by atoms with Crippen LogP contribution in [0.5, 0.6) is 0 Å². The first-order valence-electron chi connectivity index (χ1n) is 6.43. The first-order valence-corrected chi connectivity index (χ1v) is 6.43. The maximum Gasteiger partial charge on any atom is 0.00358 e. The van der Waals surface area contributed by atoms with Crippen LogP contribution < -0.4 is 5.32 Å². The lowest BCUT2D eigenvalue weighted by Crippen LogP contribution is -2.23. The van der Waals surface area contributed by atoms with Crippen molar-refractivity contribution in [3.8, 4) is 0 Å². The number of hydrogen-bond donors (Lipinski definition) is 1. The highest BCUT2D eigenvalue weighted by atomic mass is 14.8. The Kier molecular flexibility index (Phi) is 5.54. The summed E-state index contributed by atoms with van der Waals surface area (Å²) in [4.78, 5) is 0. The summed E-state index contributed by atoms with van der Waals surface area (Å²) in [5, 5.41) is 3.32. The van der Waals surface area contributed by atoms with Gasteiger partial charge >= 0.3 is 0 Å². The Morgan fingerprint density at radius 3 is 2.21 bits per heavy atom. The molecule has 1 aliphatic rings. The Bertz CT molecular complexity index is 136. The van der Waals surface area contributed by atoms with Gasteiger partial charge in [-0.1, -0.05) is 39.0 Å². The molecular formula is C13H27N. The van der Waals surface area contributed by atoms with E-state index in [1.54, 1.807) is 0 Å². The highest BCUT2D eigenvalue weighted by molar-refractivity contribution is 4.73. The Hall–Kier alpha value is -0.0400. The smallest absolute Gasteiger partial charge is 0.00358 e. The Labute approximate surface area is 89.7 Å². The summed E-state index contributed by atoms with van der Waals surface area (Å²) in [6, 6.07) is 0.707. The van der Waals surface area contributed by atoms with E-state index in [-0.39, 0.29) is 0 Å². The van der Waals surface area contributed by atoms with E-state index in [2.05, 4.69) is 26.2 Å². The van der Waals surface area contributed by atoms with Crippen LogP contribution in [0, 0.1) is 11.8 Å². The van der Waals surface area contributed by atoms with Gasteiger partial charge in [-0.05, 0) is 38.6 Å². The minimum absolute atomic E-state index is 0.707. The van der Waals surface area contributed by atoms with Gasteiger partial charge in [-0.2, -0.15) is 0 Å². The summed E-state index contributed by atoms with van der Waals surface area (Å²) in [5.74, 6) is 2.08. The molecule has 0 radical (unpaired) electrons. The highest BCUT2D eigenvalue weighted by Gasteiger charge is 2.19. The third kappa shape index (κ3) is 4.00. The molecule has 1 fully saturated rings. The Morgan fingerprint density at radius 2 is 1.71 bits per heavy atom. The second-order valence-corrected chi connectivity index (χ2v) is 5.06. The molecule has 0 bridgehead atoms. The average molecular weight is 197 g/mol. The lowest BCUT2D eigenvalue weighted by molar-refractivity contribution is 0.250. The van der Waals surface area contributed by atoms with Crippen molar-refractivity contribution in [2.24, 2.45) is 11.8 Å². The molecule has 1 atom stereocenters. The normalized spacial score (nSPS) is 30.2. The van der Waals surface area contributed by atoms with Crippen LogP contribution in [0.2, 0.25) is 0 Å². The highest BCUT2D eigenvalue weighted by Crippen LogP contribution is 2.33. The largest absolute Gasteiger partial charge is 0.317 e. The molecule has 1 N–H and O–H groups in total. The summed E-state index contributed by atoms with van der Waals surface area (Å²) in [6.07, 6.45) is 10.2. The van der Waals surface area contributed by atoms with Crippen molar-refractivity contribution >= 4 is 0 Å². The quantitative estimate of drug-likeness (QED) is 0.710. The Morgan fingerprint density at radius 1 is 1.14 bits per heavy atom. The second-order valence-electron chi connectivity index (χ2n) is 5.06. The fraction of sp³-hybridized carbons (Fsp3) is 1.00. The first kappa shape index (κ1) is 12.0. The topological polar surface area (TPSA) is 12.0 Å². The molecule has 1 saturated carbocycles. The minimum atomic E-state index is 0.707. The molecule has 0 spiro atoms. The fourth-order valence-corrected chi connectivity index (χ4v) is 2.56. The third-order valence-electron chi connectivity index (χ3n) is 4.04. The van der Waals surface area contributed by atoms with Crippen LogP contribution in [-0.2, 0) is 0 Å². The van der Waals surface area contributed by atoms with E-state index in [4.69, 9.17) is 0 Å². The molecular weight excluding hydrogens is 170 g/mol. The molecule has 84 valence electrons. The standard InChI is InChI=1S/C13H27N/c1-4-12-7-9-13(10-8-12)6-5-11(2)14-3/h11-14H,4-10H2,1-3H3. The van der Waals surface area contributed by atoms with Gasteiger partial charge < -0.3 is 5.32 Å². The van der Waals surface area contributed by atoms with E-state index < -0.39 is 0 Å². The molecule has 0 saturated heterocycles. The fourth-order valence-electron chi connectivity index (χ4n) is 2.56. The maximum absolute atomic E-state index is 3.32. The van der Waals surface area contributed by atoms with E-state index in [0.29, 0.717) is 6.04 Å². The molecule has 1 rings (SSSR count). The van der Waals surface area contributed by atoms with Crippen LogP contribution >= 0.6 is 0 Å². The zero-order valence-corrected chi connectivity index (χ0v) is 10.2. The Balaban J connectivity index is 2.10.